The molecule has 0 aliphatic carbocycles. The van der Waals surface area contributed by atoms with Gasteiger partial charge >= 0.3 is 11.7 Å². The third-order valence-corrected chi connectivity index (χ3v) is 6.13. The molecule has 3 aromatic heterocycles. The van der Waals surface area contributed by atoms with Crippen LogP contribution < -0.4 is 25.8 Å². The number of carboxylic acid groups (broad SMARTS) is 1. The minimum Gasteiger partial charge on any atom is -0.497 e. The zero-order valence-electron chi connectivity index (χ0n) is 22.3. The van der Waals surface area contributed by atoms with Gasteiger partial charge in [-0.25, -0.2) is 14.8 Å². The van der Waals surface area contributed by atoms with Crippen molar-refractivity contribution in [2.24, 2.45) is 14.1 Å². The molecule has 0 atom stereocenters. The number of hydrogen-bond donors (Lipinski definition) is 2. The lowest BCUT2D eigenvalue weighted by atomic mass is 10.2. The molecule has 12 heteroatoms. The van der Waals surface area contributed by atoms with Crippen molar-refractivity contribution < 1.29 is 14.6 Å². The molecule has 0 radical (unpaired) electrons. The number of hydrogen-bond acceptors (Lipinski definition) is 7. The first-order valence-corrected chi connectivity index (χ1v) is 12.0. The first kappa shape index (κ1) is 28.3. The smallest absolute Gasteiger partial charge is 0.332 e. The standard InChI is InChI=1S/C17H24N3O.C9H10N4O4/c1-20(2,17-6-4-5-11-19-17)13-12-18-14-15-7-9-16(21-3)10-8-15;1-11-7-6(8(16)12(2)9(11)17)13(4-10-7)3-5(14)15/h4-11,18H,12-14H2,1-3H3;4H,3H2,1-2H3,(H,14,15)/q+1;. The number of fused-ring (bicyclic) bond motifs is 1. The summed E-state index contributed by atoms with van der Waals surface area (Å²) >= 11 is 0. The summed E-state index contributed by atoms with van der Waals surface area (Å²) in [5.74, 6) is 0.899. The van der Waals surface area contributed by atoms with Gasteiger partial charge in [0.05, 0.1) is 34.1 Å². The van der Waals surface area contributed by atoms with Crippen LogP contribution in [0.3, 0.4) is 0 Å². The van der Waals surface area contributed by atoms with E-state index in [0.29, 0.717) is 0 Å². The molecule has 4 aromatic rings. The number of pyridine rings is 1. The van der Waals surface area contributed by atoms with Crippen LogP contribution in [0.15, 0.2) is 64.6 Å². The van der Waals surface area contributed by atoms with Crippen molar-refractivity contribution >= 4 is 23.0 Å². The van der Waals surface area contributed by atoms with Crippen molar-refractivity contribution in [1.82, 2.24) is 33.5 Å². The van der Waals surface area contributed by atoms with Gasteiger partial charge < -0.3 is 19.7 Å². The summed E-state index contributed by atoms with van der Waals surface area (Å²) in [6, 6.07) is 14.2. The van der Waals surface area contributed by atoms with Crippen molar-refractivity contribution in [3.05, 3.63) is 81.4 Å². The Morgan fingerprint density at radius 1 is 1.05 bits per heavy atom. The molecule has 0 bridgehead atoms. The molecule has 0 aliphatic heterocycles. The van der Waals surface area contributed by atoms with E-state index in [2.05, 4.69) is 47.6 Å². The van der Waals surface area contributed by atoms with E-state index in [1.165, 1.54) is 35.1 Å². The number of ether oxygens (including phenoxy) is 1. The quantitative estimate of drug-likeness (QED) is 0.244. The molecule has 0 spiro atoms. The van der Waals surface area contributed by atoms with E-state index in [0.717, 1.165) is 40.3 Å². The zero-order valence-corrected chi connectivity index (χ0v) is 22.3. The minimum absolute atomic E-state index is 0.108. The average Bonchev–Trinajstić information content (AvgIpc) is 3.33. The lowest BCUT2D eigenvalue weighted by molar-refractivity contribution is -0.137. The summed E-state index contributed by atoms with van der Waals surface area (Å²) in [5, 5.41) is 12.2. The van der Waals surface area contributed by atoms with Crippen molar-refractivity contribution in [1.29, 1.82) is 0 Å². The van der Waals surface area contributed by atoms with Gasteiger partial charge in [-0.3, -0.25) is 23.2 Å². The largest absolute Gasteiger partial charge is 0.497 e. The van der Waals surface area contributed by atoms with E-state index < -0.39 is 17.2 Å². The number of aliphatic carboxylic acids is 1. The Morgan fingerprint density at radius 2 is 1.76 bits per heavy atom. The van der Waals surface area contributed by atoms with E-state index in [4.69, 9.17) is 9.84 Å². The van der Waals surface area contributed by atoms with Crippen molar-refractivity contribution in [3.63, 3.8) is 0 Å². The summed E-state index contributed by atoms with van der Waals surface area (Å²) in [6.07, 6.45) is 3.08. The molecule has 12 nitrogen and oxygen atoms in total. The maximum atomic E-state index is 11.9. The van der Waals surface area contributed by atoms with Crippen LogP contribution in [0.5, 0.6) is 5.75 Å². The first-order chi connectivity index (χ1) is 18.0. The van der Waals surface area contributed by atoms with Crippen LogP contribution in [0.25, 0.3) is 11.2 Å². The Hall–Kier alpha value is -4.29. The Labute approximate surface area is 220 Å². The average molecular weight is 525 g/mol. The number of nitrogens with one attached hydrogen (secondary N) is 1. The fourth-order valence-corrected chi connectivity index (χ4v) is 3.82. The molecular formula is C26H34N7O5+. The van der Waals surface area contributed by atoms with E-state index in [1.54, 1.807) is 7.11 Å². The van der Waals surface area contributed by atoms with Crippen LogP contribution in [0.1, 0.15) is 5.56 Å². The zero-order chi connectivity index (χ0) is 27.9. The van der Waals surface area contributed by atoms with Crippen molar-refractivity contribution in [2.45, 2.75) is 13.1 Å². The van der Waals surface area contributed by atoms with Gasteiger partial charge in [0.25, 0.3) is 5.56 Å². The molecule has 0 saturated heterocycles. The van der Waals surface area contributed by atoms with Crippen molar-refractivity contribution in [2.75, 3.05) is 34.3 Å². The highest BCUT2D eigenvalue weighted by atomic mass is 16.5. The van der Waals surface area contributed by atoms with Gasteiger partial charge in [-0.1, -0.05) is 18.2 Å². The van der Waals surface area contributed by atoms with E-state index in [9.17, 15) is 14.4 Å². The Bertz CT molecular complexity index is 1490. The summed E-state index contributed by atoms with van der Waals surface area (Å²) in [6.45, 7) is 2.43. The molecule has 0 unspecified atom stereocenters. The SMILES string of the molecule is COc1ccc(CNCC[N+](C)(C)c2ccccn2)cc1.Cn1c(=O)c2c(ncn2CC(=O)O)n(C)c1=O. The molecular weight excluding hydrogens is 490 g/mol. The number of nitrogens with zero attached hydrogens (tertiary/aromatic N) is 6. The van der Waals surface area contributed by atoms with Gasteiger partial charge in [-0.15, -0.1) is 0 Å². The predicted octanol–water partition coefficient (Wildman–Crippen LogP) is 0.965. The van der Waals surface area contributed by atoms with Gasteiger partial charge in [0.2, 0.25) is 5.82 Å². The summed E-state index contributed by atoms with van der Waals surface area (Å²) in [5.41, 5.74) is 0.500. The van der Waals surface area contributed by atoms with Crippen LogP contribution in [-0.2, 0) is 32.0 Å². The summed E-state index contributed by atoms with van der Waals surface area (Å²) in [4.78, 5) is 42.4. The summed E-state index contributed by atoms with van der Waals surface area (Å²) < 4.78 is 9.26. The monoisotopic (exact) mass is 524 g/mol. The van der Waals surface area contributed by atoms with Gasteiger partial charge in [0, 0.05) is 39.4 Å². The van der Waals surface area contributed by atoms with Crippen molar-refractivity contribution in [3.8, 4) is 5.75 Å². The minimum atomic E-state index is -1.08. The highest BCUT2D eigenvalue weighted by molar-refractivity contribution is 5.74. The number of carbonyl (C=O) groups is 1. The number of imidazole rings is 1. The van der Waals surface area contributed by atoms with E-state index in [-0.39, 0.29) is 17.7 Å². The number of carboxylic acids is 1. The fraction of sp³-hybridized carbons (Fsp3) is 0.346. The summed E-state index contributed by atoms with van der Waals surface area (Å²) in [7, 11) is 8.85. The number of rotatable bonds is 9. The van der Waals surface area contributed by atoms with Gasteiger partial charge in [0.1, 0.15) is 12.3 Å². The molecule has 1 aromatic carbocycles. The van der Waals surface area contributed by atoms with Crippen LogP contribution in [0.2, 0.25) is 0 Å². The van der Waals surface area contributed by atoms with E-state index in [1.807, 2.05) is 30.5 Å². The Balaban J connectivity index is 0.000000215. The molecule has 0 amide bonds. The van der Waals surface area contributed by atoms with Crippen LogP contribution in [0.4, 0.5) is 5.82 Å². The molecule has 3 heterocycles. The second kappa shape index (κ2) is 12.3. The van der Waals surface area contributed by atoms with Gasteiger partial charge in [0.15, 0.2) is 11.2 Å². The molecule has 0 aliphatic rings. The van der Waals surface area contributed by atoms with Crippen LogP contribution in [-0.4, -0.2) is 69.0 Å². The molecule has 202 valence electrons. The lowest BCUT2D eigenvalue weighted by Crippen LogP contribution is -2.45. The fourth-order valence-electron chi connectivity index (χ4n) is 3.82. The molecule has 0 fully saturated rings. The Kier molecular flexibility index (Phi) is 9.16. The number of aromatic nitrogens is 5. The van der Waals surface area contributed by atoms with Crippen LogP contribution >= 0.6 is 0 Å². The van der Waals surface area contributed by atoms with Gasteiger partial charge in [-0.2, -0.15) is 0 Å². The topological polar surface area (TPSA) is 133 Å². The highest BCUT2D eigenvalue weighted by Crippen LogP contribution is 2.14. The van der Waals surface area contributed by atoms with Gasteiger partial charge in [-0.05, 0) is 23.8 Å². The Morgan fingerprint density at radius 3 is 2.37 bits per heavy atom. The number of methoxy groups -OCH3 is 1. The number of quaternary nitrogens is 1. The second-order valence-electron chi connectivity index (χ2n) is 9.27. The van der Waals surface area contributed by atoms with Crippen LogP contribution in [0, 0.1) is 0 Å². The van der Waals surface area contributed by atoms with E-state index >= 15 is 0 Å². The maximum Gasteiger partial charge on any atom is 0.332 e. The third kappa shape index (κ3) is 6.72. The molecule has 38 heavy (non-hydrogen) atoms. The second-order valence-corrected chi connectivity index (χ2v) is 9.27. The number of likely N-dealkylation sites (N-methyl/N-ethyl adjacent to an activating group) is 1. The predicted molar refractivity (Wildman–Crippen MR) is 145 cm³/mol. The molecule has 0 saturated carbocycles. The first-order valence-electron chi connectivity index (χ1n) is 12.0. The lowest BCUT2D eigenvalue weighted by Gasteiger charge is -2.27. The normalized spacial score (nSPS) is 11.2. The molecule has 4 rings (SSSR count). The number of benzene rings is 1. The molecule has 2 N–H and O–H groups in total. The highest BCUT2D eigenvalue weighted by Gasteiger charge is 2.19. The third-order valence-electron chi connectivity index (χ3n) is 6.13. The maximum absolute atomic E-state index is 11.9. The number of aryl methyl sites for hydroxylation is 1.